The molecule has 2 heterocycles. The van der Waals surface area contributed by atoms with Crippen molar-refractivity contribution in [2.75, 3.05) is 0 Å². The first-order valence-electron chi connectivity index (χ1n) is 10.8. The molecule has 0 aliphatic rings. The van der Waals surface area contributed by atoms with Crippen molar-refractivity contribution in [3.63, 3.8) is 0 Å². The Kier molecular flexibility index (Phi) is 7.85. The number of aryl methyl sites for hydroxylation is 1. The molecule has 7 nitrogen and oxygen atoms in total. The molecule has 3 N–H and O–H groups in total. The molecule has 0 spiro atoms. The molecule has 0 aliphatic carbocycles. The summed E-state index contributed by atoms with van der Waals surface area (Å²) in [4.78, 5) is 12.1. The van der Waals surface area contributed by atoms with E-state index in [1.807, 2.05) is 26.0 Å². The Morgan fingerprint density at radius 2 is 2.00 bits per heavy atom. The molecule has 8 heteroatoms. The molecule has 0 unspecified atom stereocenters. The van der Waals surface area contributed by atoms with E-state index in [0.717, 1.165) is 11.1 Å². The van der Waals surface area contributed by atoms with Crippen molar-refractivity contribution in [1.82, 2.24) is 20.0 Å². The van der Waals surface area contributed by atoms with Crippen molar-refractivity contribution in [2.45, 2.75) is 20.4 Å². The van der Waals surface area contributed by atoms with Crippen molar-refractivity contribution < 1.29 is 4.39 Å². The molecule has 0 atom stereocenters. The zero-order valence-electron chi connectivity index (χ0n) is 19.2. The van der Waals surface area contributed by atoms with Gasteiger partial charge in [0, 0.05) is 24.5 Å². The molecular weight excluding hydrogens is 431 g/mol. The number of nitriles is 1. The fourth-order valence-electron chi connectivity index (χ4n) is 3.65. The fraction of sp³-hybridized carbons (Fsp3) is 0.154. The minimum atomic E-state index is -0.292. The number of H-pyrrole nitrogens is 1. The lowest BCUT2D eigenvalue weighted by Crippen LogP contribution is -2.13. The normalized spacial score (nSPS) is 11.4. The minimum Gasteiger partial charge on any atom is -0.325 e. The van der Waals surface area contributed by atoms with E-state index in [9.17, 15) is 14.4 Å². The number of hydrogen-bond donors (Lipinski definition) is 2. The van der Waals surface area contributed by atoms with Crippen LogP contribution < -0.4 is 11.3 Å². The maximum Gasteiger partial charge on any atom is 0.272 e. The molecule has 0 aliphatic heterocycles. The highest BCUT2D eigenvalue weighted by Crippen LogP contribution is 2.30. The molecule has 172 valence electrons. The van der Waals surface area contributed by atoms with Crippen LogP contribution in [0.4, 0.5) is 4.39 Å². The summed E-state index contributed by atoms with van der Waals surface area (Å²) < 4.78 is 14.5. The van der Waals surface area contributed by atoms with Gasteiger partial charge in [-0.05, 0) is 41.0 Å². The molecule has 34 heavy (non-hydrogen) atoms. The lowest BCUT2D eigenvalue weighted by atomic mass is 9.97. The molecule has 4 aromatic rings. The molecule has 0 radical (unpaired) electrons. The molecule has 0 amide bonds. The van der Waals surface area contributed by atoms with Gasteiger partial charge in [0.1, 0.15) is 0 Å². The van der Waals surface area contributed by atoms with Gasteiger partial charge in [-0.3, -0.25) is 9.48 Å². The standard InChI is InChI=1S/C24H19FN6O.C2H6/c1-31-23(11-17(12-26)18-5-3-2-4-15(18)8-9-25)21(14-28-31)16-6-7-19-20(10-16)22(13-27)29-30-24(19)32;1-2/h2-11,14H,13,27H2,1H3,(H,30,32);1-2H3/b9-8+,17-11+;. The summed E-state index contributed by atoms with van der Waals surface area (Å²) in [6.45, 7) is 4.17. The number of nitrogens with one attached hydrogen (secondary N) is 1. The quantitative estimate of drug-likeness (QED) is 0.418. The van der Waals surface area contributed by atoms with Crippen LogP contribution in [0.25, 0.3) is 39.6 Å². The highest BCUT2D eigenvalue weighted by Gasteiger charge is 2.14. The first-order valence-corrected chi connectivity index (χ1v) is 10.8. The van der Waals surface area contributed by atoms with E-state index in [2.05, 4.69) is 21.4 Å². The topological polar surface area (TPSA) is 113 Å². The summed E-state index contributed by atoms with van der Waals surface area (Å²) in [6.07, 6.45) is 5.17. The minimum absolute atomic E-state index is 0.175. The molecular formula is C26H25FN6O. The van der Waals surface area contributed by atoms with Crippen molar-refractivity contribution in [2.24, 2.45) is 12.8 Å². The fourth-order valence-corrected chi connectivity index (χ4v) is 3.65. The molecule has 4 rings (SSSR count). The molecule has 0 fully saturated rings. The Morgan fingerprint density at radius 3 is 2.71 bits per heavy atom. The van der Waals surface area contributed by atoms with Crippen molar-refractivity contribution in [3.8, 4) is 17.2 Å². The third-order valence-electron chi connectivity index (χ3n) is 5.25. The van der Waals surface area contributed by atoms with E-state index in [-0.39, 0.29) is 12.1 Å². The second-order valence-corrected chi connectivity index (χ2v) is 7.08. The molecule has 0 bridgehead atoms. The van der Waals surface area contributed by atoms with Gasteiger partial charge >= 0.3 is 0 Å². The number of halogens is 1. The van der Waals surface area contributed by atoms with Crippen LogP contribution in [0.1, 0.15) is 36.4 Å². The number of allylic oxidation sites excluding steroid dienone is 1. The number of benzene rings is 2. The zero-order chi connectivity index (χ0) is 24.7. The van der Waals surface area contributed by atoms with Gasteiger partial charge in [0.05, 0.1) is 40.9 Å². The second-order valence-electron chi connectivity index (χ2n) is 7.08. The third-order valence-corrected chi connectivity index (χ3v) is 5.25. The lowest BCUT2D eigenvalue weighted by molar-refractivity contribution is 0.727. The predicted molar refractivity (Wildman–Crippen MR) is 134 cm³/mol. The average Bonchev–Trinajstić information content (AvgIpc) is 3.24. The van der Waals surface area contributed by atoms with E-state index in [1.54, 1.807) is 54.3 Å². The van der Waals surface area contributed by atoms with Crippen LogP contribution in [-0.4, -0.2) is 20.0 Å². The summed E-state index contributed by atoms with van der Waals surface area (Å²) in [6, 6.07) is 14.7. The maximum absolute atomic E-state index is 12.8. The third kappa shape index (κ3) is 4.70. The molecule has 0 saturated carbocycles. The summed E-state index contributed by atoms with van der Waals surface area (Å²) in [5.74, 6) is 0. The van der Waals surface area contributed by atoms with Crippen molar-refractivity contribution in [3.05, 3.63) is 87.9 Å². The monoisotopic (exact) mass is 456 g/mol. The first kappa shape index (κ1) is 24.3. The second kappa shape index (κ2) is 11.0. The predicted octanol–water partition coefficient (Wildman–Crippen LogP) is 4.81. The van der Waals surface area contributed by atoms with Gasteiger partial charge < -0.3 is 5.73 Å². The van der Waals surface area contributed by atoms with E-state index in [4.69, 9.17) is 5.73 Å². The number of nitrogens with two attached hydrogens (primary N) is 1. The Morgan fingerprint density at radius 1 is 1.24 bits per heavy atom. The van der Waals surface area contributed by atoms with Crippen molar-refractivity contribution in [1.29, 1.82) is 5.26 Å². The number of aromatic nitrogens is 4. The van der Waals surface area contributed by atoms with E-state index in [0.29, 0.717) is 45.2 Å². The van der Waals surface area contributed by atoms with Crippen LogP contribution in [0.15, 0.2) is 59.8 Å². The van der Waals surface area contributed by atoms with Gasteiger partial charge in [0.15, 0.2) is 0 Å². The van der Waals surface area contributed by atoms with Gasteiger partial charge in [0.25, 0.3) is 5.56 Å². The largest absolute Gasteiger partial charge is 0.325 e. The Bertz CT molecular complexity index is 1470. The number of fused-ring (bicyclic) bond motifs is 1. The van der Waals surface area contributed by atoms with Gasteiger partial charge in [0.2, 0.25) is 0 Å². The Balaban J connectivity index is 0.00000158. The van der Waals surface area contributed by atoms with E-state index >= 15 is 0 Å². The Hall–Kier alpha value is -4.35. The van der Waals surface area contributed by atoms with Gasteiger partial charge in [-0.15, -0.1) is 0 Å². The average molecular weight is 457 g/mol. The smallest absolute Gasteiger partial charge is 0.272 e. The molecule has 2 aromatic heterocycles. The first-order chi connectivity index (χ1) is 16.6. The number of rotatable bonds is 5. The summed E-state index contributed by atoms with van der Waals surface area (Å²) in [5, 5.41) is 21.8. The van der Waals surface area contributed by atoms with Gasteiger partial charge in [-0.1, -0.05) is 44.2 Å². The van der Waals surface area contributed by atoms with Crippen LogP contribution >= 0.6 is 0 Å². The summed E-state index contributed by atoms with van der Waals surface area (Å²) in [7, 11) is 1.77. The lowest BCUT2D eigenvalue weighted by Gasteiger charge is -2.08. The summed E-state index contributed by atoms with van der Waals surface area (Å²) >= 11 is 0. The maximum atomic E-state index is 12.8. The van der Waals surface area contributed by atoms with Crippen LogP contribution in [0.3, 0.4) is 0 Å². The van der Waals surface area contributed by atoms with Gasteiger partial charge in [-0.2, -0.15) is 15.5 Å². The highest BCUT2D eigenvalue weighted by molar-refractivity contribution is 5.95. The molecule has 2 aromatic carbocycles. The molecule has 0 saturated heterocycles. The summed E-state index contributed by atoms with van der Waals surface area (Å²) in [5.41, 5.74) is 9.90. The highest BCUT2D eigenvalue weighted by atomic mass is 19.1. The number of aromatic amines is 1. The Labute approximate surface area is 196 Å². The SMILES string of the molecule is CC.Cn1ncc(-c2ccc3c(=O)[nH]nc(CN)c3c2)c1/C=C(\C#N)c1ccccc1/C=C/F. The van der Waals surface area contributed by atoms with Crippen LogP contribution in [0.5, 0.6) is 0 Å². The zero-order valence-corrected chi connectivity index (χ0v) is 19.2. The van der Waals surface area contributed by atoms with Crippen LogP contribution in [0, 0.1) is 11.3 Å². The number of nitrogens with zero attached hydrogens (tertiary/aromatic N) is 4. The van der Waals surface area contributed by atoms with Crippen LogP contribution in [-0.2, 0) is 13.6 Å². The van der Waals surface area contributed by atoms with Gasteiger partial charge in [-0.25, -0.2) is 9.49 Å². The van der Waals surface area contributed by atoms with Crippen LogP contribution in [0.2, 0.25) is 0 Å². The number of hydrogen-bond acceptors (Lipinski definition) is 5. The van der Waals surface area contributed by atoms with E-state index in [1.165, 1.54) is 6.08 Å². The van der Waals surface area contributed by atoms with E-state index < -0.39 is 0 Å². The van der Waals surface area contributed by atoms with Crippen molar-refractivity contribution >= 4 is 28.5 Å².